The number of carbonyl (C=O) groups excluding carboxylic acids is 1. The molecule has 0 aliphatic carbocycles. The van der Waals surface area contributed by atoms with Crippen LogP contribution in [0.15, 0.2) is 48.6 Å². The zero-order chi connectivity index (χ0) is 34.5. The van der Waals surface area contributed by atoms with Crippen molar-refractivity contribution in [1.29, 1.82) is 0 Å². The lowest BCUT2D eigenvalue weighted by atomic mass is 10.1. The fourth-order valence-electron chi connectivity index (χ4n) is 5.72. The van der Waals surface area contributed by atoms with Crippen LogP contribution in [0.1, 0.15) is 187 Å². The molecule has 5 nitrogen and oxygen atoms in total. The van der Waals surface area contributed by atoms with Gasteiger partial charge in [0.2, 0.25) is 5.91 Å². The first-order valence-corrected chi connectivity index (χ1v) is 19.9. The molecule has 0 aliphatic heterocycles. The van der Waals surface area contributed by atoms with Crippen molar-refractivity contribution >= 4 is 5.91 Å². The standard InChI is InChI=1S/C42H77NO4/c1-3-5-7-9-11-13-15-17-19-20-21-22-24-26-28-30-32-34-36-41(46)40(38-44)43-42(47)37-39(45)35-33-31-29-27-25-23-18-16-14-12-10-8-6-4-2/h20-21,23,25-26,28,34,36,39-41,44-46H,3-19,22,24,27,29-33,35,37-38H2,1-2H3,(H,43,47)/b21-20+,25-23-,28-26+,36-34+. The number of aliphatic hydroxyl groups excluding tert-OH is 3. The predicted octanol–water partition coefficient (Wildman–Crippen LogP) is 11.0. The normalized spacial score (nSPS) is 14.2. The summed E-state index contributed by atoms with van der Waals surface area (Å²) in [5, 5.41) is 33.1. The monoisotopic (exact) mass is 660 g/mol. The minimum Gasteiger partial charge on any atom is -0.394 e. The number of nitrogens with one attached hydrogen (secondary N) is 1. The van der Waals surface area contributed by atoms with Crippen LogP contribution in [0.3, 0.4) is 0 Å². The molecule has 0 heterocycles. The van der Waals surface area contributed by atoms with Gasteiger partial charge in [-0.2, -0.15) is 0 Å². The van der Waals surface area contributed by atoms with Crippen molar-refractivity contribution < 1.29 is 20.1 Å². The lowest BCUT2D eigenvalue weighted by Crippen LogP contribution is -2.45. The summed E-state index contributed by atoms with van der Waals surface area (Å²) in [6, 6.07) is -0.771. The molecule has 1 amide bonds. The second kappa shape index (κ2) is 37.1. The zero-order valence-corrected chi connectivity index (χ0v) is 30.9. The molecule has 47 heavy (non-hydrogen) atoms. The summed E-state index contributed by atoms with van der Waals surface area (Å²) in [6.45, 7) is 4.17. The van der Waals surface area contributed by atoms with Gasteiger partial charge < -0.3 is 20.6 Å². The highest BCUT2D eigenvalue weighted by molar-refractivity contribution is 5.76. The first-order chi connectivity index (χ1) is 23.0. The van der Waals surface area contributed by atoms with Gasteiger partial charge in [0.15, 0.2) is 0 Å². The molecule has 0 radical (unpaired) electrons. The Morgan fingerprint density at radius 2 is 0.915 bits per heavy atom. The molecule has 0 aromatic rings. The average molecular weight is 660 g/mol. The maximum absolute atomic E-state index is 12.4. The molecule has 0 saturated heterocycles. The molecule has 0 aromatic carbocycles. The molecule has 0 spiro atoms. The third-order valence-electron chi connectivity index (χ3n) is 8.82. The van der Waals surface area contributed by atoms with Gasteiger partial charge in [0.1, 0.15) is 0 Å². The summed E-state index contributed by atoms with van der Waals surface area (Å²) in [5.41, 5.74) is 0. The summed E-state index contributed by atoms with van der Waals surface area (Å²) >= 11 is 0. The number of carbonyl (C=O) groups is 1. The minimum atomic E-state index is -0.963. The highest BCUT2D eigenvalue weighted by Gasteiger charge is 2.20. The lowest BCUT2D eigenvalue weighted by molar-refractivity contribution is -0.124. The third-order valence-corrected chi connectivity index (χ3v) is 8.82. The van der Waals surface area contributed by atoms with Crippen LogP contribution in [0, 0.1) is 0 Å². The summed E-state index contributed by atoms with van der Waals surface area (Å²) in [7, 11) is 0. The van der Waals surface area contributed by atoms with E-state index in [2.05, 4.69) is 55.6 Å². The number of rotatable bonds is 35. The summed E-state index contributed by atoms with van der Waals surface area (Å²) in [4.78, 5) is 12.4. The van der Waals surface area contributed by atoms with E-state index >= 15 is 0 Å². The summed E-state index contributed by atoms with van der Waals surface area (Å²) < 4.78 is 0. The highest BCUT2D eigenvalue weighted by Crippen LogP contribution is 2.12. The molecule has 3 atom stereocenters. The van der Waals surface area contributed by atoms with E-state index in [1.165, 1.54) is 109 Å². The summed E-state index contributed by atoms with van der Waals surface area (Å²) in [5.74, 6) is -0.341. The van der Waals surface area contributed by atoms with Gasteiger partial charge in [0, 0.05) is 0 Å². The Labute approximate surface area is 291 Å². The highest BCUT2D eigenvalue weighted by atomic mass is 16.3. The van der Waals surface area contributed by atoms with Gasteiger partial charge in [-0.15, -0.1) is 0 Å². The Hall–Kier alpha value is -1.69. The maximum Gasteiger partial charge on any atom is 0.222 e. The fraction of sp³-hybridized carbons (Fsp3) is 0.786. The Bertz CT molecular complexity index is 775. The summed E-state index contributed by atoms with van der Waals surface area (Å²) in [6.07, 6.45) is 46.7. The van der Waals surface area contributed by atoms with E-state index in [0.29, 0.717) is 6.42 Å². The lowest BCUT2D eigenvalue weighted by Gasteiger charge is -2.20. The fourth-order valence-corrected chi connectivity index (χ4v) is 5.72. The van der Waals surface area contributed by atoms with Crippen molar-refractivity contribution in [2.45, 2.75) is 205 Å². The number of hydrogen-bond acceptors (Lipinski definition) is 4. The van der Waals surface area contributed by atoms with Crippen LogP contribution < -0.4 is 5.32 Å². The first kappa shape index (κ1) is 45.3. The average Bonchev–Trinajstić information content (AvgIpc) is 3.06. The smallest absolute Gasteiger partial charge is 0.222 e. The SMILES string of the molecule is CCCCCCCCC/C=C\CCCCCC(O)CC(=O)NC(CO)C(O)/C=C/CC/C=C/CC/C=C/CCCCCCCCCC. The molecule has 274 valence electrons. The Morgan fingerprint density at radius 3 is 1.36 bits per heavy atom. The Morgan fingerprint density at radius 1 is 0.532 bits per heavy atom. The van der Waals surface area contributed by atoms with E-state index in [4.69, 9.17) is 0 Å². The second-order valence-corrected chi connectivity index (χ2v) is 13.5. The molecular formula is C42H77NO4. The molecule has 3 unspecified atom stereocenters. The van der Waals surface area contributed by atoms with Crippen molar-refractivity contribution in [1.82, 2.24) is 5.32 Å². The van der Waals surface area contributed by atoms with E-state index in [1.807, 2.05) is 6.08 Å². The van der Waals surface area contributed by atoms with E-state index < -0.39 is 18.2 Å². The first-order valence-electron chi connectivity index (χ1n) is 19.9. The van der Waals surface area contributed by atoms with Gasteiger partial charge >= 0.3 is 0 Å². The molecule has 0 aromatic heterocycles. The van der Waals surface area contributed by atoms with Crippen molar-refractivity contribution in [2.24, 2.45) is 0 Å². The molecule has 0 rings (SSSR count). The zero-order valence-electron chi connectivity index (χ0n) is 30.9. The van der Waals surface area contributed by atoms with Crippen LogP contribution in [0.2, 0.25) is 0 Å². The van der Waals surface area contributed by atoms with Gasteiger partial charge in [-0.1, -0.05) is 159 Å². The quantitative estimate of drug-likeness (QED) is 0.0402. The molecular weight excluding hydrogens is 582 g/mol. The molecule has 0 saturated carbocycles. The number of unbranched alkanes of at least 4 members (excludes halogenated alkanes) is 20. The van der Waals surface area contributed by atoms with Crippen LogP contribution >= 0.6 is 0 Å². The molecule has 5 heteroatoms. The molecule has 0 bridgehead atoms. The minimum absolute atomic E-state index is 0.00947. The van der Waals surface area contributed by atoms with Crippen molar-refractivity contribution in [3.63, 3.8) is 0 Å². The number of amides is 1. The molecule has 0 fully saturated rings. The second-order valence-electron chi connectivity index (χ2n) is 13.5. The van der Waals surface area contributed by atoms with Crippen LogP contribution in [0.25, 0.3) is 0 Å². The Kier molecular flexibility index (Phi) is 35.8. The largest absolute Gasteiger partial charge is 0.394 e. The van der Waals surface area contributed by atoms with Crippen molar-refractivity contribution in [3.8, 4) is 0 Å². The van der Waals surface area contributed by atoms with Gasteiger partial charge in [-0.3, -0.25) is 4.79 Å². The Balaban J connectivity index is 3.82. The van der Waals surface area contributed by atoms with Gasteiger partial charge in [0.05, 0.1) is 31.3 Å². The van der Waals surface area contributed by atoms with Crippen LogP contribution in [0.5, 0.6) is 0 Å². The number of hydrogen-bond donors (Lipinski definition) is 4. The molecule has 4 N–H and O–H groups in total. The van der Waals surface area contributed by atoms with Gasteiger partial charge in [-0.05, 0) is 70.6 Å². The number of allylic oxidation sites excluding steroid dienone is 7. The van der Waals surface area contributed by atoms with Crippen LogP contribution in [-0.2, 0) is 4.79 Å². The van der Waals surface area contributed by atoms with Crippen molar-refractivity contribution in [2.75, 3.05) is 6.61 Å². The number of aliphatic hydroxyl groups is 3. The topological polar surface area (TPSA) is 89.8 Å². The third kappa shape index (κ3) is 34.0. The van der Waals surface area contributed by atoms with E-state index in [1.54, 1.807) is 6.08 Å². The van der Waals surface area contributed by atoms with Gasteiger partial charge in [0.25, 0.3) is 0 Å². The van der Waals surface area contributed by atoms with Crippen LogP contribution in [0.4, 0.5) is 0 Å². The van der Waals surface area contributed by atoms with E-state index in [9.17, 15) is 20.1 Å². The van der Waals surface area contributed by atoms with E-state index in [-0.39, 0.29) is 18.9 Å². The van der Waals surface area contributed by atoms with Gasteiger partial charge in [-0.25, -0.2) is 0 Å². The van der Waals surface area contributed by atoms with E-state index in [0.717, 1.165) is 51.4 Å². The molecule has 0 aliphatic rings. The van der Waals surface area contributed by atoms with Crippen molar-refractivity contribution in [3.05, 3.63) is 48.6 Å². The predicted molar refractivity (Wildman–Crippen MR) is 204 cm³/mol. The van der Waals surface area contributed by atoms with Crippen LogP contribution in [-0.4, -0.2) is 46.1 Å². The maximum atomic E-state index is 12.4.